The lowest BCUT2D eigenvalue weighted by Gasteiger charge is -2.06. The van der Waals surface area contributed by atoms with Crippen molar-refractivity contribution in [1.82, 2.24) is 10.1 Å². The van der Waals surface area contributed by atoms with Crippen LogP contribution in [0.3, 0.4) is 0 Å². The molecule has 0 saturated carbocycles. The number of fused-ring (bicyclic) bond motifs is 2. The molecular formula is C18H11BrN2O3. The van der Waals surface area contributed by atoms with E-state index >= 15 is 0 Å². The molecule has 0 atom stereocenters. The van der Waals surface area contributed by atoms with Gasteiger partial charge in [-0.3, -0.25) is 0 Å². The van der Waals surface area contributed by atoms with E-state index < -0.39 is 5.97 Å². The lowest BCUT2D eigenvalue weighted by molar-refractivity contribution is 0.0735. The van der Waals surface area contributed by atoms with Gasteiger partial charge in [-0.15, -0.1) is 0 Å². The molecule has 0 radical (unpaired) electrons. The molecule has 0 aliphatic rings. The molecule has 0 amide bonds. The zero-order chi connectivity index (χ0) is 16.7. The number of carbonyl (C=O) groups is 1. The molecule has 0 unspecified atom stereocenters. The van der Waals surface area contributed by atoms with Crippen molar-refractivity contribution in [2.75, 3.05) is 0 Å². The van der Waals surface area contributed by atoms with E-state index in [1.165, 1.54) is 6.20 Å². The van der Waals surface area contributed by atoms with Crippen molar-refractivity contribution in [2.45, 2.75) is 6.92 Å². The number of carbonyl (C=O) groups excluding carboxylic acids is 1. The number of hydrogen-bond acceptors (Lipinski definition) is 5. The number of halogens is 1. The number of ether oxygens (including phenoxy) is 1. The second-order valence-electron chi connectivity index (χ2n) is 5.39. The van der Waals surface area contributed by atoms with E-state index in [1.54, 1.807) is 19.1 Å². The van der Waals surface area contributed by atoms with Crippen molar-refractivity contribution < 1.29 is 14.1 Å². The van der Waals surface area contributed by atoms with E-state index in [9.17, 15) is 4.79 Å². The van der Waals surface area contributed by atoms with E-state index in [-0.39, 0.29) is 0 Å². The summed E-state index contributed by atoms with van der Waals surface area (Å²) in [6, 6.07) is 13.1. The molecule has 0 bridgehead atoms. The maximum absolute atomic E-state index is 12.4. The number of hydrogen-bond donors (Lipinski definition) is 0. The van der Waals surface area contributed by atoms with Gasteiger partial charge in [-0.1, -0.05) is 33.2 Å². The fourth-order valence-corrected chi connectivity index (χ4v) is 2.86. The first-order valence-electron chi connectivity index (χ1n) is 7.24. The Hall–Kier alpha value is -2.73. The van der Waals surface area contributed by atoms with Gasteiger partial charge in [0.05, 0.1) is 16.6 Å². The van der Waals surface area contributed by atoms with E-state index in [2.05, 4.69) is 26.1 Å². The number of rotatable bonds is 2. The van der Waals surface area contributed by atoms with Crippen LogP contribution in [-0.2, 0) is 0 Å². The first-order valence-corrected chi connectivity index (χ1v) is 8.03. The molecule has 2 heterocycles. The van der Waals surface area contributed by atoms with Crippen LogP contribution in [0.2, 0.25) is 0 Å². The van der Waals surface area contributed by atoms with Crippen LogP contribution in [0.1, 0.15) is 16.1 Å². The summed E-state index contributed by atoms with van der Waals surface area (Å²) in [4.78, 5) is 16.4. The van der Waals surface area contributed by atoms with Crippen LogP contribution in [0.15, 0.2) is 57.7 Å². The molecule has 0 aliphatic carbocycles. The monoisotopic (exact) mass is 382 g/mol. The lowest BCUT2D eigenvalue weighted by atomic mass is 10.1. The summed E-state index contributed by atoms with van der Waals surface area (Å²) in [6.45, 7) is 1.80. The minimum Gasteiger partial charge on any atom is -0.423 e. The third-order valence-corrected chi connectivity index (χ3v) is 4.22. The molecule has 0 fully saturated rings. The Morgan fingerprint density at radius 2 is 1.92 bits per heavy atom. The van der Waals surface area contributed by atoms with Gasteiger partial charge < -0.3 is 9.26 Å². The van der Waals surface area contributed by atoms with E-state index in [0.29, 0.717) is 28.1 Å². The van der Waals surface area contributed by atoms with Crippen molar-refractivity contribution in [1.29, 1.82) is 0 Å². The molecule has 2 aromatic heterocycles. The van der Waals surface area contributed by atoms with Crippen LogP contribution in [0.25, 0.3) is 21.9 Å². The van der Waals surface area contributed by atoms with Gasteiger partial charge >= 0.3 is 5.97 Å². The summed E-state index contributed by atoms with van der Waals surface area (Å²) in [5.41, 5.74) is 1.44. The molecule has 4 aromatic rings. The zero-order valence-corrected chi connectivity index (χ0v) is 14.2. The molecule has 24 heavy (non-hydrogen) atoms. The standard InChI is InChI=1S/C18H11BrN2O3/c1-10-16-8-13(9-20-17(16)24-21-10)18(22)23-15-5-3-11-6-14(19)4-2-12(11)7-15/h2-9H,1H3. The van der Waals surface area contributed by atoms with Gasteiger partial charge in [0, 0.05) is 10.7 Å². The summed E-state index contributed by atoms with van der Waals surface area (Å²) in [6.07, 6.45) is 1.42. The van der Waals surface area contributed by atoms with Crippen molar-refractivity contribution in [3.63, 3.8) is 0 Å². The van der Waals surface area contributed by atoms with Gasteiger partial charge in [0.25, 0.3) is 5.71 Å². The molecule has 0 N–H and O–H groups in total. The molecular weight excluding hydrogens is 372 g/mol. The molecule has 0 spiro atoms. The van der Waals surface area contributed by atoms with Gasteiger partial charge in [0.2, 0.25) is 0 Å². The minimum atomic E-state index is -0.471. The Kier molecular flexibility index (Phi) is 3.54. The van der Waals surface area contributed by atoms with Gasteiger partial charge in [0.1, 0.15) is 5.75 Å². The molecule has 0 saturated heterocycles. The van der Waals surface area contributed by atoms with Crippen molar-refractivity contribution in [2.24, 2.45) is 0 Å². The number of aryl methyl sites for hydroxylation is 1. The van der Waals surface area contributed by atoms with Crippen LogP contribution in [0, 0.1) is 6.92 Å². The average Bonchev–Trinajstić information content (AvgIpc) is 2.95. The Morgan fingerprint density at radius 3 is 2.79 bits per heavy atom. The Morgan fingerprint density at radius 1 is 1.12 bits per heavy atom. The summed E-state index contributed by atoms with van der Waals surface area (Å²) in [5, 5.41) is 6.58. The molecule has 118 valence electrons. The number of esters is 1. The van der Waals surface area contributed by atoms with Crippen molar-refractivity contribution in [3.8, 4) is 5.75 Å². The maximum Gasteiger partial charge on any atom is 0.345 e. The van der Waals surface area contributed by atoms with Crippen LogP contribution < -0.4 is 4.74 Å². The van der Waals surface area contributed by atoms with E-state index in [0.717, 1.165) is 15.2 Å². The molecule has 2 aromatic carbocycles. The van der Waals surface area contributed by atoms with Gasteiger partial charge in [-0.05, 0) is 48.0 Å². The van der Waals surface area contributed by atoms with Crippen molar-refractivity contribution in [3.05, 3.63) is 64.4 Å². The fraction of sp³-hybridized carbons (Fsp3) is 0.0556. The maximum atomic E-state index is 12.4. The van der Waals surface area contributed by atoms with Crippen LogP contribution in [-0.4, -0.2) is 16.1 Å². The summed E-state index contributed by atoms with van der Waals surface area (Å²) in [5.74, 6) is 0.0124. The summed E-state index contributed by atoms with van der Waals surface area (Å²) < 4.78 is 11.5. The zero-order valence-electron chi connectivity index (χ0n) is 12.6. The highest BCUT2D eigenvalue weighted by Gasteiger charge is 2.13. The van der Waals surface area contributed by atoms with Gasteiger partial charge in [0.15, 0.2) is 0 Å². The molecule has 6 heteroatoms. The smallest absolute Gasteiger partial charge is 0.345 e. The third kappa shape index (κ3) is 2.65. The normalized spacial score (nSPS) is 11.1. The Labute approximate surface area is 145 Å². The quantitative estimate of drug-likeness (QED) is 0.372. The molecule has 4 rings (SSSR count). The number of aromatic nitrogens is 2. The highest BCUT2D eigenvalue weighted by Crippen LogP contribution is 2.25. The SMILES string of the molecule is Cc1noc2ncc(C(=O)Oc3ccc4cc(Br)ccc4c3)cc12. The summed E-state index contributed by atoms with van der Waals surface area (Å²) >= 11 is 3.44. The van der Waals surface area contributed by atoms with Crippen LogP contribution in [0.5, 0.6) is 5.75 Å². The number of pyridine rings is 1. The second-order valence-corrected chi connectivity index (χ2v) is 6.30. The van der Waals surface area contributed by atoms with E-state index in [1.807, 2.05) is 30.3 Å². The van der Waals surface area contributed by atoms with Gasteiger partial charge in [-0.2, -0.15) is 0 Å². The first kappa shape index (κ1) is 14.8. The third-order valence-electron chi connectivity index (χ3n) is 3.73. The van der Waals surface area contributed by atoms with Crippen molar-refractivity contribution >= 4 is 43.8 Å². The predicted molar refractivity (Wildman–Crippen MR) is 93.1 cm³/mol. The number of nitrogens with zero attached hydrogens (tertiary/aromatic N) is 2. The average molecular weight is 383 g/mol. The Bertz CT molecular complexity index is 1090. The largest absolute Gasteiger partial charge is 0.423 e. The fourth-order valence-electron chi connectivity index (χ4n) is 2.48. The highest BCUT2D eigenvalue weighted by molar-refractivity contribution is 9.10. The van der Waals surface area contributed by atoms with Gasteiger partial charge in [-0.25, -0.2) is 9.78 Å². The molecule has 5 nitrogen and oxygen atoms in total. The first-order chi connectivity index (χ1) is 11.6. The topological polar surface area (TPSA) is 65.2 Å². The van der Waals surface area contributed by atoms with Crippen LogP contribution >= 0.6 is 15.9 Å². The highest BCUT2D eigenvalue weighted by atomic mass is 79.9. The predicted octanol–water partition coefficient (Wildman–Crippen LogP) is 4.67. The summed E-state index contributed by atoms with van der Waals surface area (Å²) in [7, 11) is 0. The second kappa shape index (κ2) is 5.72. The Balaban J connectivity index is 1.64. The molecule has 0 aliphatic heterocycles. The minimum absolute atomic E-state index is 0.352. The lowest BCUT2D eigenvalue weighted by Crippen LogP contribution is -2.08. The van der Waals surface area contributed by atoms with Crippen LogP contribution in [0.4, 0.5) is 0 Å². The number of benzene rings is 2. The van der Waals surface area contributed by atoms with E-state index in [4.69, 9.17) is 9.26 Å².